The Morgan fingerprint density at radius 3 is 2.62 bits per heavy atom. The number of thioether (sulfide) groups is 1. The highest BCUT2D eigenvalue weighted by molar-refractivity contribution is 8.03. The van der Waals surface area contributed by atoms with E-state index in [1.807, 2.05) is 6.07 Å². The van der Waals surface area contributed by atoms with E-state index in [1.165, 1.54) is 28.5 Å². The first-order valence-electron chi connectivity index (χ1n) is 8.44. The number of rotatable bonds is 7. The van der Waals surface area contributed by atoms with E-state index in [2.05, 4.69) is 0 Å². The maximum Gasteiger partial charge on any atom is 0.353 e. The van der Waals surface area contributed by atoms with E-state index in [0.717, 1.165) is 6.42 Å². The Bertz CT molecular complexity index is 765. The molecule has 2 heterocycles. The third-order valence-electron chi connectivity index (χ3n) is 4.57. The molecule has 26 heavy (non-hydrogen) atoms. The van der Waals surface area contributed by atoms with Crippen molar-refractivity contribution in [2.75, 3.05) is 17.2 Å². The van der Waals surface area contributed by atoms with Gasteiger partial charge in [-0.15, -0.1) is 11.8 Å². The summed E-state index contributed by atoms with van der Waals surface area (Å²) in [5, 5.41) is 9.56. The standard InChI is InChI=1S/C18H21N3O4S/c1-11(22)20(12-6-3-2-4-7-12)15-13-10-14(26-9-5-8-19)16(18(24)25)21(13)17(15)23/h2-4,6-7,13,15H,5,8-10,19H2,1H3,(H,24,25). The molecule has 8 heteroatoms. The monoisotopic (exact) mass is 375 g/mol. The number of hydrogen-bond donors (Lipinski definition) is 2. The predicted octanol–water partition coefficient (Wildman–Crippen LogP) is 1.40. The van der Waals surface area contributed by atoms with E-state index in [1.54, 1.807) is 24.3 Å². The Morgan fingerprint density at radius 2 is 2.04 bits per heavy atom. The van der Waals surface area contributed by atoms with Gasteiger partial charge in [0.25, 0.3) is 5.91 Å². The van der Waals surface area contributed by atoms with E-state index in [-0.39, 0.29) is 23.6 Å². The molecule has 1 aromatic carbocycles. The van der Waals surface area contributed by atoms with Crippen LogP contribution in [0.5, 0.6) is 0 Å². The van der Waals surface area contributed by atoms with Crippen LogP contribution in [0.15, 0.2) is 40.9 Å². The molecule has 0 spiro atoms. The van der Waals surface area contributed by atoms with Crippen LogP contribution in [-0.2, 0) is 14.4 Å². The van der Waals surface area contributed by atoms with Crippen molar-refractivity contribution in [3.8, 4) is 0 Å². The zero-order valence-corrected chi connectivity index (χ0v) is 15.2. The molecule has 2 unspecified atom stereocenters. The maximum absolute atomic E-state index is 12.8. The fraction of sp³-hybridized carbons (Fsp3) is 0.389. The number of carboxylic acids is 1. The smallest absolute Gasteiger partial charge is 0.353 e. The largest absolute Gasteiger partial charge is 0.477 e. The van der Waals surface area contributed by atoms with E-state index in [4.69, 9.17) is 5.73 Å². The highest BCUT2D eigenvalue weighted by Crippen LogP contribution is 2.45. The second-order valence-electron chi connectivity index (χ2n) is 6.22. The van der Waals surface area contributed by atoms with Gasteiger partial charge in [-0.25, -0.2) is 4.79 Å². The number of carbonyl (C=O) groups excluding carboxylic acids is 2. The molecule has 2 amide bonds. The Balaban J connectivity index is 1.86. The summed E-state index contributed by atoms with van der Waals surface area (Å²) in [6.45, 7) is 1.95. The van der Waals surface area contributed by atoms with Crippen LogP contribution in [-0.4, -0.2) is 52.2 Å². The van der Waals surface area contributed by atoms with Crippen LogP contribution in [0.1, 0.15) is 19.8 Å². The van der Waals surface area contributed by atoms with E-state index >= 15 is 0 Å². The van der Waals surface area contributed by atoms with Gasteiger partial charge in [-0.3, -0.25) is 19.4 Å². The SMILES string of the molecule is CC(=O)N(c1ccccc1)C1C(=O)N2C(C(=O)O)=C(SCCCN)CC12. The van der Waals surface area contributed by atoms with Crippen molar-refractivity contribution >= 4 is 35.2 Å². The summed E-state index contributed by atoms with van der Waals surface area (Å²) in [6, 6.07) is 7.98. The number of carboxylic acid groups (broad SMARTS) is 1. The van der Waals surface area contributed by atoms with Crippen LogP contribution < -0.4 is 10.6 Å². The van der Waals surface area contributed by atoms with E-state index < -0.39 is 12.0 Å². The molecule has 0 saturated carbocycles. The third kappa shape index (κ3) is 3.10. The van der Waals surface area contributed by atoms with Gasteiger partial charge in [-0.1, -0.05) is 18.2 Å². The summed E-state index contributed by atoms with van der Waals surface area (Å²) in [4.78, 5) is 40.2. The van der Waals surface area contributed by atoms with Crippen molar-refractivity contribution in [2.45, 2.75) is 31.8 Å². The number of β-lactam (4-membered cyclic amide) rings is 1. The molecule has 1 saturated heterocycles. The molecule has 0 bridgehead atoms. The van der Waals surface area contributed by atoms with E-state index in [9.17, 15) is 19.5 Å². The van der Waals surface area contributed by atoms with Crippen molar-refractivity contribution in [1.29, 1.82) is 0 Å². The summed E-state index contributed by atoms with van der Waals surface area (Å²) in [6.07, 6.45) is 1.22. The van der Waals surface area contributed by atoms with Gasteiger partial charge in [-0.05, 0) is 30.9 Å². The molecule has 0 aromatic heterocycles. The lowest BCUT2D eigenvalue weighted by atomic mass is 9.93. The van der Waals surface area contributed by atoms with Crippen molar-refractivity contribution in [2.24, 2.45) is 5.73 Å². The van der Waals surface area contributed by atoms with Gasteiger partial charge >= 0.3 is 5.97 Å². The lowest BCUT2D eigenvalue weighted by Crippen LogP contribution is -2.69. The first-order valence-corrected chi connectivity index (χ1v) is 9.43. The summed E-state index contributed by atoms with van der Waals surface area (Å²) in [7, 11) is 0. The van der Waals surface area contributed by atoms with Crippen molar-refractivity contribution < 1.29 is 19.5 Å². The Kier molecular flexibility index (Phi) is 5.33. The maximum atomic E-state index is 12.8. The molecular formula is C18H21N3O4S. The van der Waals surface area contributed by atoms with Crippen molar-refractivity contribution in [1.82, 2.24) is 4.90 Å². The molecule has 0 aliphatic carbocycles. The minimum atomic E-state index is -1.11. The van der Waals surface area contributed by atoms with Crippen molar-refractivity contribution in [3.63, 3.8) is 0 Å². The van der Waals surface area contributed by atoms with Gasteiger partial charge in [0.1, 0.15) is 11.7 Å². The Morgan fingerprint density at radius 1 is 1.35 bits per heavy atom. The highest BCUT2D eigenvalue weighted by atomic mass is 32.2. The van der Waals surface area contributed by atoms with Crippen LogP contribution in [0.2, 0.25) is 0 Å². The quantitative estimate of drug-likeness (QED) is 0.551. The van der Waals surface area contributed by atoms with Crippen LogP contribution in [0, 0.1) is 0 Å². The average molecular weight is 375 g/mol. The zero-order chi connectivity index (χ0) is 18.8. The summed E-state index contributed by atoms with van der Waals surface area (Å²) >= 11 is 1.43. The number of fused-ring (bicyclic) bond motifs is 1. The molecule has 2 atom stereocenters. The van der Waals surface area contributed by atoms with Gasteiger partial charge in [-0.2, -0.15) is 0 Å². The number of para-hydroxylation sites is 1. The van der Waals surface area contributed by atoms with Crippen LogP contribution in [0.4, 0.5) is 5.69 Å². The van der Waals surface area contributed by atoms with Crippen LogP contribution in [0.3, 0.4) is 0 Å². The Labute approximate surface area is 155 Å². The van der Waals surface area contributed by atoms with Crippen LogP contribution >= 0.6 is 11.8 Å². The van der Waals surface area contributed by atoms with Gasteiger partial charge in [0.05, 0.1) is 6.04 Å². The number of hydrogen-bond acceptors (Lipinski definition) is 5. The number of aliphatic carboxylic acids is 1. The molecule has 3 rings (SSSR count). The zero-order valence-electron chi connectivity index (χ0n) is 14.4. The molecule has 1 fully saturated rings. The third-order valence-corrected chi connectivity index (χ3v) is 5.77. The average Bonchev–Trinajstić information content (AvgIpc) is 2.95. The van der Waals surface area contributed by atoms with Gasteiger partial charge < -0.3 is 10.8 Å². The number of carbonyl (C=O) groups is 3. The summed E-state index contributed by atoms with van der Waals surface area (Å²) in [5.41, 5.74) is 6.19. The number of nitrogens with zero attached hydrogens (tertiary/aromatic N) is 2. The molecule has 7 nitrogen and oxygen atoms in total. The second kappa shape index (κ2) is 7.51. The minimum Gasteiger partial charge on any atom is -0.477 e. The number of amides is 2. The lowest BCUT2D eigenvalue weighted by Gasteiger charge is -2.47. The first-order chi connectivity index (χ1) is 12.5. The topological polar surface area (TPSA) is 104 Å². The van der Waals surface area contributed by atoms with Crippen molar-refractivity contribution in [3.05, 3.63) is 40.9 Å². The normalized spacial score (nSPS) is 21.5. The minimum absolute atomic E-state index is 0.0508. The fourth-order valence-corrected chi connectivity index (χ4v) is 4.64. The lowest BCUT2D eigenvalue weighted by molar-refractivity contribution is -0.150. The number of anilines is 1. The van der Waals surface area contributed by atoms with Gasteiger partial charge in [0.2, 0.25) is 5.91 Å². The molecule has 1 aromatic rings. The predicted molar refractivity (Wildman–Crippen MR) is 99.4 cm³/mol. The second-order valence-corrected chi connectivity index (χ2v) is 7.41. The van der Waals surface area contributed by atoms with E-state index in [0.29, 0.717) is 29.3 Å². The molecule has 0 radical (unpaired) electrons. The number of benzene rings is 1. The molecule has 3 N–H and O–H groups in total. The fourth-order valence-electron chi connectivity index (χ4n) is 3.47. The molecular weight excluding hydrogens is 354 g/mol. The molecule has 2 aliphatic rings. The summed E-state index contributed by atoms with van der Waals surface area (Å²) < 4.78 is 0. The van der Waals surface area contributed by atoms with Gasteiger partial charge in [0, 0.05) is 23.9 Å². The Hall–Kier alpha value is -2.32. The van der Waals surface area contributed by atoms with Crippen LogP contribution in [0.25, 0.3) is 0 Å². The van der Waals surface area contributed by atoms with Gasteiger partial charge in [0.15, 0.2) is 0 Å². The number of nitrogens with two attached hydrogens (primary N) is 1. The molecule has 138 valence electrons. The molecule has 2 aliphatic heterocycles. The first kappa shape index (κ1) is 18.5. The highest BCUT2D eigenvalue weighted by Gasteiger charge is 2.58. The summed E-state index contributed by atoms with van der Waals surface area (Å²) in [5.74, 6) is -0.989.